The first-order chi connectivity index (χ1) is 9.81. The van der Waals surface area contributed by atoms with Gasteiger partial charge in [0, 0.05) is 17.4 Å². The summed E-state index contributed by atoms with van der Waals surface area (Å²) in [5, 5.41) is 8.67. The highest BCUT2D eigenvalue weighted by Gasteiger charge is 2.01. The monoisotopic (exact) mass is 288 g/mol. The van der Waals surface area contributed by atoms with E-state index in [0.717, 1.165) is 21.3 Å². The summed E-state index contributed by atoms with van der Waals surface area (Å²) in [5.74, 6) is 7.49. The molecule has 0 unspecified atom stereocenters. The first-order valence-electron chi connectivity index (χ1n) is 6.27. The minimum absolute atomic E-state index is 0.101. The minimum atomic E-state index is 0.101. The molecule has 104 valence electrons. The molecule has 2 rings (SSSR count). The summed E-state index contributed by atoms with van der Waals surface area (Å²) in [7, 11) is 1.63. The van der Waals surface area contributed by atoms with Gasteiger partial charge in [0.15, 0.2) is 0 Å². The molecule has 0 amide bonds. The molecule has 1 aromatic carbocycles. The van der Waals surface area contributed by atoms with Crippen LogP contribution in [0, 0.1) is 11.8 Å². The van der Waals surface area contributed by atoms with Crippen molar-refractivity contribution in [2.45, 2.75) is 13.0 Å². The number of methoxy groups -OCH3 is 1. The summed E-state index contributed by atoms with van der Waals surface area (Å²) < 4.78 is 10.9. The van der Waals surface area contributed by atoms with E-state index in [-0.39, 0.29) is 6.61 Å². The number of benzene rings is 1. The minimum Gasteiger partial charge on any atom is -0.497 e. The molecule has 0 aliphatic rings. The van der Waals surface area contributed by atoms with E-state index in [1.54, 1.807) is 18.4 Å². The zero-order valence-electron chi connectivity index (χ0n) is 11.3. The maximum Gasteiger partial charge on any atom is 0.123 e. The summed E-state index contributed by atoms with van der Waals surface area (Å²) in [6.45, 7) is 0.615. The van der Waals surface area contributed by atoms with Gasteiger partial charge in [-0.15, -0.1) is 11.3 Å². The molecule has 0 radical (unpaired) electrons. The fraction of sp³-hybridized carbons (Fsp3) is 0.250. The summed E-state index contributed by atoms with van der Waals surface area (Å²) in [5.41, 5.74) is 0. The SMILES string of the molecule is COc1cccc(OCc2ccc(C#CCCO)s2)c1. The van der Waals surface area contributed by atoms with E-state index < -0.39 is 0 Å². The summed E-state index contributed by atoms with van der Waals surface area (Å²) in [6, 6.07) is 11.5. The Balaban J connectivity index is 1.92. The Bertz CT molecular complexity index is 607. The third-order valence-electron chi connectivity index (χ3n) is 2.53. The zero-order chi connectivity index (χ0) is 14.2. The summed E-state index contributed by atoms with van der Waals surface area (Å²) in [4.78, 5) is 2.10. The van der Waals surface area contributed by atoms with E-state index >= 15 is 0 Å². The molecule has 20 heavy (non-hydrogen) atoms. The second kappa shape index (κ2) is 7.59. The Labute approximate surface area is 122 Å². The number of aliphatic hydroxyl groups excluding tert-OH is 1. The summed E-state index contributed by atoms with van der Waals surface area (Å²) in [6.07, 6.45) is 0.507. The molecule has 0 saturated heterocycles. The highest BCUT2D eigenvalue weighted by molar-refractivity contribution is 7.12. The van der Waals surface area contributed by atoms with Gasteiger partial charge in [0.2, 0.25) is 0 Å². The molecule has 0 fully saturated rings. The second-order valence-electron chi connectivity index (χ2n) is 4.01. The molecule has 1 aromatic heterocycles. The van der Waals surface area contributed by atoms with E-state index in [9.17, 15) is 0 Å². The number of thiophene rings is 1. The molecule has 0 atom stereocenters. The number of aliphatic hydroxyl groups is 1. The van der Waals surface area contributed by atoms with Crippen LogP contribution < -0.4 is 9.47 Å². The van der Waals surface area contributed by atoms with Crippen LogP contribution in [0.4, 0.5) is 0 Å². The van der Waals surface area contributed by atoms with Gasteiger partial charge in [0.1, 0.15) is 18.1 Å². The first kappa shape index (κ1) is 14.4. The van der Waals surface area contributed by atoms with Gasteiger partial charge in [-0.2, -0.15) is 0 Å². The molecule has 0 saturated carbocycles. The van der Waals surface area contributed by atoms with Gasteiger partial charge in [0.25, 0.3) is 0 Å². The Morgan fingerprint density at radius 2 is 2.05 bits per heavy atom. The lowest BCUT2D eigenvalue weighted by Gasteiger charge is -2.06. The van der Waals surface area contributed by atoms with Gasteiger partial charge in [-0.05, 0) is 24.3 Å². The Morgan fingerprint density at radius 1 is 1.20 bits per heavy atom. The van der Waals surface area contributed by atoms with Gasteiger partial charge >= 0.3 is 0 Å². The van der Waals surface area contributed by atoms with Crippen molar-refractivity contribution in [3.05, 3.63) is 46.2 Å². The highest BCUT2D eigenvalue weighted by atomic mass is 32.1. The summed E-state index contributed by atoms with van der Waals surface area (Å²) >= 11 is 1.60. The lowest BCUT2D eigenvalue weighted by atomic mass is 10.3. The van der Waals surface area contributed by atoms with Crippen molar-refractivity contribution in [3.8, 4) is 23.3 Å². The number of rotatable bonds is 5. The average molecular weight is 288 g/mol. The zero-order valence-corrected chi connectivity index (χ0v) is 12.1. The van der Waals surface area contributed by atoms with Crippen molar-refractivity contribution < 1.29 is 14.6 Å². The van der Waals surface area contributed by atoms with Gasteiger partial charge < -0.3 is 14.6 Å². The van der Waals surface area contributed by atoms with Gasteiger partial charge in [-0.25, -0.2) is 0 Å². The van der Waals surface area contributed by atoms with Crippen molar-refractivity contribution >= 4 is 11.3 Å². The largest absolute Gasteiger partial charge is 0.497 e. The van der Waals surface area contributed by atoms with Crippen LogP contribution in [0.1, 0.15) is 16.2 Å². The quantitative estimate of drug-likeness (QED) is 0.859. The Hall–Kier alpha value is -1.96. The van der Waals surface area contributed by atoms with Crippen LogP contribution >= 0.6 is 11.3 Å². The van der Waals surface area contributed by atoms with Crippen molar-refractivity contribution in [1.29, 1.82) is 0 Å². The van der Waals surface area contributed by atoms with E-state index in [1.807, 2.05) is 36.4 Å². The molecule has 1 heterocycles. The topological polar surface area (TPSA) is 38.7 Å². The average Bonchev–Trinajstić information content (AvgIpc) is 2.94. The third kappa shape index (κ3) is 4.30. The van der Waals surface area contributed by atoms with Gasteiger partial charge in [-0.1, -0.05) is 17.9 Å². The third-order valence-corrected chi connectivity index (χ3v) is 3.51. The van der Waals surface area contributed by atoms with Crippen LogP contribution in [-0.4, -0.2) is 18.8 Å². The van der Waals surface area contributed by atoms with E-state index in [4.69, 9.17) is 14.6 Å². The van der Waals surface area contributed by atoms with Crippen LogP contribution in [0.2, 0.25) is 0 Å². The first-order valence-corrected chi connectivity index (χ1v) is 7.09. The molecule has 0 aliphatic carbocycles. The predicted octanol–water partition coefficient (Wildman–Crippen LogP) is 3.07. The lowest BCUT2D eigenvalue weighted by Crippen LogP contribution is -1.93. The Kier molecular flexibility index (Phi) is 5.48. The molecule has 1 N–H and O–H groups in total. The number of ether oxygens (including phenoxy) is 2. The van der Waals surface area contributed by atoms with Crippen LogP contribution in [0.5, 0.6) is 11.5 Å². The fourth-order valence-electron chi connectivity index (χ4n) is 1.57. The molecule has 0 spiro atoms. The van der Waals surface area contributed by atoms with Gasteiger partial charge in [-0.3, -0.25) is 0 Å². The molecule has 3 nitrogen and oxygen atoms in total. The van der Waals surface area contributed by atoms with Crippen molar-refractivity contribution in [2.24, 2.45) is 0 Å². The second-order valence-corrected chi connectivity index (χ2v) is 5.18. The van der Waals surface area contributed by atoms with Crippen molar-refractivity contribution in [1.82, 2.24) is 0 Å². The van der Waals surface area contributed by atoms with Crippen LogP contribution in [0.25, 0.3) is 0 Å². The Morgan fingerprint density at radius 3 is 2.85 bits per heavy atom. The fourth-order valence-corrected chi connectivity index (χ4v) is 2.37. The van der Waals surface area contributed by atoms with Crippen LogP contribution in [0.15, 0.2) is 36.4 Å². The van der Waals surface area contributed by atoms with E-state index in [0.29, 0.717) is 13.0 Å². The number of hydrogen-bond acceptors (Lipinski definition) is 4. The van der Waals surface area contributed by atoms with Crippen molar-refractivity contribution in [3.63, 3.8) is 0 Å². The molecule has 2 aromatic rings. The van der Waals surface area contributed by atoms with Crippen LogP contribution in [-0.2, 0) is 6.61 Å². The molecular formula is C16H16O3S. The highest BCUT2D eigenvalue weighted by Crippen LogP contribution is 2.22. The molecule has 0 aliphatic heterocycles. The molecule has 4 heteroatoms. The number of hydrogen-bond donors (Lipinski definition) is 1. The lowest BCUT2D eigenvalue weighted by molar-refractivity contribution is 0.305. The maximum absolute atomic E-state index is 8.67. The van der Waals surface area contributed by atoms with E-state index in [2.05, 4.69) is 11.8 Å². The predicted molar refractivity (Wildman–Crippen MR) is 80.2 cm³/mol. The molecular weight excluding hydrogens is 272 g/mol. The van der Waals surface area contributed by atoms with E-state index in [1.165, 1.54) is 0 Å². The normalized spacial score (nSPS) is 9.70. The maximum atomic E-state index is 8.67. The van der Waals surface area contributed by atoms with Crippen LogP contribution in [0.3, 0.4) is 0 Å². The molecule has 0 bridgehead atoms. The van der Waals surface area contributed by atoms with Gasteiger partial charge in [0.05, 0.1) is 18.6 Å². The van der Waals surface area contributed by atoms with Crippen molar-refractivity contribution in [2.75, 3.05) is 13.7 Å². The smallest absolute Gasteiger partial charge is 0.123 e. The standard InChI is InChI=1S/C16H16O3S/c1-18-13-5-4-6-14(11-13)19-12-16-9-8-15(20-16)7-2-3-10-17/h4-6,8-9,11,17H,3,10,12H2,1H3.